The summed E-state index contributed by atoms with van der Waals surface area (Å²) in [4.78, 5) is 8.06. The Balaban J connectivity index is 3.17. The Morgan fingerprint density at radius 1 is 1.56 bits per heavy atom. The molecule has 0 aliphatic carbocycles. The van der Waals surface area contributed by atoms with Crippen molar-refractivity contribution in [2.75, 3.05) is 0 Å². The molecule has 0 aliphatic heterocycles. The van der Waals surface area contributed by atoms with Crippen molar-refractivity contribution in [3.05, 3.63) is 20.2 Å². The van der Waals surface area contributed by atoms with E-state index in [4.69, 9.17) is 0 Å². The summed E-state index contributed by atoms with van der Waals surface area (Å²) in [5.74, 6) is 0. The number of aryl methyl sites for hydroxylation is 1. The van der Waals surface area contributed by atoms with Crippen LogP contribution in [0.3, 0.4) is 0 Å². The minimum atomic E-state index is 0.659. The maximum Gasteiger partial charge on any atom is 0.197 e. The Labute approximate surface area is 75.4 Å². The van der Waals surface area contributed by atoms with Crippen LogP contribution in [0, 0.1) is 10.6 Å². The molecule has 0 N–H and O–H groups in total. The Morgan fingerprint density at radius 3 is 2.67 bits per heavy atom. The number of rotatable bonds is 0. The molecule has 48 valence electrons. The van der Waals surface area contributed by atoms with Gasteiger partial charge in [0.15, 0.2) is 4.73 Å². The highest BCUT2D eigenvalue weighted by atomic mass is 127. The van der Waals surface area contributed by atoms with Gasteiger partial charge in [-0.05, 0) is 51.5 Å². The first-order chi connectivity index (χ1) is 4.18. The number of hydrogen-bond donors (Lipinski definition) is 0. The van der Waals surface area contributed by atoms with Crippen molar-refractivity contribution in [1.82, 2.24) is 9.97 Å². The second kappa shape index (κ2) is 2.92. The minimum Gasteiger partial charge on any atom is -0.227 e. The first-order valence-corrected chi connectivity index (χ1v) is 4.22. The monoisotopic (exact) mass is 298 g/mol. The Hall–Kier alpha value is 0.290. The molecule has 1 rings (SSSR count). The van der Waals surface area contributed by atoms with E-state index in [1.807, 2.05) is 13.0 Å². The Kier molecular flexibility index (Phi) is 2.40. The zero-order valence-corrected chi connectivity index (χ0v) is 8.47. The van der Waals surface area contributed by atoms with E-state index >= 15 is 0 Å². The average Bonchev–Trinajstić information content (AvgIpc) is 1.59. The van der Waals surface area contributed by atoms with Gasteiger partial charge < -0.3 is 0 Å². The van der Waals surface area contributed by atoms with E-state index in [1.165, 1.54) is 0 Å². The van der Waals surface area contributed by atoms with Crippen molar-refractivity contribution in [2.45, 2.75) is 6.92 Å². The second-order valence-electron chi connectivity index (χ2n) is 1.60. The number of halogens is 2. The zero-order valence-electron chi connectivity index (χ0n) is 4.73. The van der Waals surface area contributed by atoms with E-state index in [2.05, 4.69) is 48.5 Å². The highest BCUT2D eigenvalue weighted by Gasteiger charge is 1.93. The molecule has 1 heterocycles. The molecule has 2 nitrogen and oxygen atoms in total. The number of nitrogens with zero attached hydrogens (tertiary/aromatic N) is 2. The quantitative estimate of drug-likeness (QED) is 0.417. The predicted octanol–water partition coefficient (Wildman–Crippen LogP) is 2.15. The maximum atomic E-state index is 4.04. The van der Waals surface area contributed by atoms with E-state index in [0.29, 0.717) is 4.73 Å². The zero-order chi connectivity index (χ0) is 6.85. The maximum absolute atomic E-state index is 4.04. The molecule has 0 aliphatic rings. The summed E-state index contributed by atoms with van der Waals surface area (Å²) < 4.78 is 1.62. The van der Waals surface area contributed by atoms with Crippen LogP contribution in [-0.2, 0) is 0 Å². The van der Waals surface area contributed by atoms with Crippen LogP contribution >= 0.6 is 38.5 Å². The summed E-state index contributed by atoms with van der Waals surface area (Å²) in [5.41, 5.74) is 0.987. The van der Waals surface area contributed by atoms with Gasteiger partial charge in [-0.25, -0.2) is 9.97 Å². The summed E-state index contributed by atoms with van der Waals surface area (Å²) in [6, 6.07) is 1.92. The van der Waals surface area contributed by atoms with Crippen LogP contribution in [0.4, 0.5) is 0 Å². The summed E-state index contributed by atoms with van der Waals surface area (Å²) in [6.45, 7) is 1.94. The SMILES string of the molecule is Cc1cc(I)nc(Br)n1. The highest BCUT2D eigenvalue weighted by Crippen LogP contribution is 2.07. The lowest BCUT2D eigenvalue weighted by Gasteiger charge is -1.92. The van der Waals surface area contributed by atoms with Gasteiger partial charge in [-0.3, -0.25) is 0 Å². The normalized spacial score (nSPS) is 9.67. The van der Waals surface area contributed by atoms with Crippen molar-refractivity contribution in [3.8, 4) is 0 Å². The van der Waals surface area contributed by atoms with Gasteiger partial charge in [0.05, 0.1) is 0 Å². The van der Waals surface area contributed by atoms with Crippen LogP contribution in [0.5, 0.6) is 0 Å². The molecule has 4 heteroatoms. The van der Waals surface area contributed by atoms with Gasteiger partial charge in [0.25, 0.3) is 0 Å². The second-order valence-corrected chi connectivity index (χ2v) is 3.42. The van der Waals surface area contributed by atoms with Crippen LogP contribution in [-0.4, -0.2) is 9.97 Å². The molecular weight excluding hydrogens is 295 g/mol. The van der Waals surface area contributed by atoms with Gasteiger partial charge in [0.2, 0.25) is 0 Å². The molecule has 0 amide bonds. The van der Waals surface area contributed by atoms with Gasteiger partial charge in [-0.15, -0.1) is 0 Å². The Morgan fingerprint density at radius 2 is 2.22 bits per heavy atom. The molecule has 0 radical (unpaired) electrons. The van der Waals surface area contributed by atoms with E-state index in [1.54, 1.807) is 0 Å². The molecule has 0 aromatic carbocycles. The summed E-state index contributed by atoms with van der Waals surface area (Å²) in [7, 11) is 0. The van der Waals surface area contributed by atoms with Crippen LogP contribution in [0.25, 0.3) is 0 Å². The lowest BCUT2D eigenvalue weighted by molar-refractivity contribution is 1.03. The smallest absolute Gasteiger partial charge is 0.197 e. The Bertz CT molecular complexity index is 176. The first kappa shape index (κ1) is 7.40. The van der Waals surface area contributed by atoms with E-state index in [0.717, 1.165) is 9.39 Å². The van der Waals surface area contributed by atoms with Crippen molar-refractivity contribution in [1.29, 1.82) is 0 Å². The van der Waals surface area contributed by atoms with Crippen molar-refractivity contribution >= 4 is 38.5 Å². The van der Waals surface area contributed by atoms with Gasteiger partial charge in [-0.2, -0.15) is 0 Å². The third-order valence-corrected chi connectivity index (χ3v) is 1.70. The lowest BCUT2D eigenvalue weighted by Crippen LogP contribution is -1.88. The highest BCUT2D eigenvalue weighted by molar-refractivity contribution is 14.1. The predicted molar refractivity (Wildman–Crippen MR) is 47.2 cm³/mol. The third-order valence-electron chi connectivity index (χ3n) is 0.796. The van der Waals surface area contributed by atoms with Crippen molar-refractivity contribution in [2.24, 2.45) is 0 Å². The minimum absolute atomic E-state index is 0.659. The van der Waals surface area contributed by atoms with Gasteiger partial charge >= 0.3 is 0 Å². The molecule has 0 saturated heterocycles. The van der Waals surface area contributed by atoms with Crippen molar-refractivity contribution in [3.63, 3.8) is 0 Å². The molecule has 0 spiro atoms. The molecule has 0 atom stereocenters. The molecule has 0 saturated carbocycles. The van der Waals surface area contributed by atoms with E-state index in [9.17, 15) is 0 Å². The largest absolute Gasteiger partial charge is 0.227 e. The third kappa shape index (κ3) is 2.17. The van der Waals surface area contributed by atoms with E-state index < -0.39 is 0 Å². The number of aromatic nitrogens is 2. The molecule has 1 aromatic rings. The first-order valence-electron chi connectivity index (χ1n) is 2.35. The summed E-state index contributed by atoms with van der Waals surface area (Å²) >= 11 is 5.34. The molecule has 0 fully saturated rings. The standard InChI is InChI=1S/C5H4BrIN2/c1-3-2-4(7)9-5(6)8-3/h2H,1H3. The van der Waals surface area contributed by atoms with E-state index in [-0.39, 0.29) is 0 Å². The molecule has 0 bridgehead atoms. The summed E-state index contributed by atoms with van der Waals surface area (Å²) in [6.07, 6.45) is 0. The topological polar surface area (TPSA) is 25.8 Å². The molecule has 0 unspecified atom stereocenters. The molecule has 1 aromatic heterocycles. The fraction of sp³-hybridized carbons (Fsp3) is 0.200. The van der Waals surface area contributed by atoms with Gasteiger partial charge in [-0.1, -0.05) is 0 Å². The summed E-state index contributed by atoms with van der Waals surface area (Å²) in [5, 5.41) is 0. The van der Waals surface area contributed by atoms with Crippen LogP contribution in [0.2, 0.25) is 0 Å². The molecular formula is C5H4BrIN2. The van der Waals surface area contributed by atoms with Crippen LogP contribution in [0.15, 0.2) is 10.8 Å². The fourth-order valence-electron chi connectivity index (χ4n) is 0.496. The molecule has 9 heavy (non-hydrogen) atoms. The van der Waals surface area contributed by atoms with Crippen molar-refractivity contribution < 1.29 is 0 Å². The number of hydrogen-bond acceptors (Lipinski definition) is 2. The van der Waals surface area contributed by atoms with Crippen LogP contribution < -0.4 is 0 Å². The lowest BCUT2D eigenvalue weighted by atomic mass is 10.5. The van der Waals surface area contributed by atoms with Gasteiger partial charge in [0, 0.05) is 5.69 Å². The van der Waals surface area contributed by atoms with Crippen LogP contribution in [0.1, 0.15) is 5.69 Å². The average molecular weight is 299 g/mol. The fourth-order valence-corrected chi connectivity index (χ4v) is 1.98. The van der Waals surface area contributed by atoms with Gasteiger partial charge in [0.1, 0.15) is 3.70 Å².